The zero-order valence-electron chi connectivity index (χ0n) is 6.75. The molecule has 0 saturated heterocycles. The van der Waals surface area contributed by atoms with Crippen LogP contribution in [0.3, 0.4) is 0 Å². The lowest BCUT2D eigenvalue weighted by Gasteiger charge is -1.87. The van der Waals surface area contributed by atoms with Gasteiger partial charge in [-0.3, -0.25) is 0 Å². The number of halogens is 1. The molecule has 0 atom stereocenters. The molecule has 1 aromatic carbocycles. The predicted octanol–water partition coefficient (Wildman–Crippen LogP) is 2.81. The summed E-state index contributed by atoms with van der Waals surface area (Å²) in [4.78, 5) is 0. The van der Waals surface area contributed by atoms with Crippen molar-refractivity contribution in [2.45, 2.75) is 13.5 Å². The first kappa shape index (κ1) is 8.44. The van der Waals surface area contributed by atoms with Gasteiger partial charge >= 0.3 is 0 Å². The highest BCUT2D eigenvalue weighted by molar-refractivity contribution is 14.1. The zero-order chi connectivity index (χ0) is 8.55. The number of hydrogen-bond donors (Lipinski definition) is 0. The van der Waals surface area contributed by atoms with Crippen molar-refractivity contribution in [1.82, 2.24) is 0 Å². The molecule has 0 fully saturated rings. The van der Waals surface area contributed by atoms with Crippen molar-refractivity contribution >= 4 is 44.1 Å². The van der Waals surface area contributed by atoms with Gasteiger partial charge in [0.2, 0.25) is 5.52 Å². The van der Waals surface area contributed by atoms with Crippen LogP contribution in [-0.4, -0.2) is 0 Å². The van der Waals surface area contributed by atoms with Crippen LogP contribution in [0.1, 0.15) is 6.92 Å². The van der Waals surface area contributed by atoms with Gasteiger partial charge in [0, 0.05) is 6.07 Å². The largest absolute Gasteiger partial charge is 0.298 e. The molecule has 3 heteroatoms. The minimum absolute atomic E-state index is 1.06. The van der Waals surface area contributed by atoms with Gasteiger partial charge in [-0.25, -0.2) is 0 Å². The summed E-state index contributed by atoms with van der Waals surface area (Å²) >= 11 is 4.25. The lowest BCUT2D eigenvalue weighted by atomic mass is 10.3. The molecule has 0 N–H and O–H groups in total. The van der Waals surface area contributed by atoms with Crippen LogP contribution in [0.25, 0.3) is 10.2 Å². The monoisotopic (exact) mass is 290 g/mol. The maximum Gasteiger partial charge on any atom is 0.298 e. The van der Waals surface area contributed by atoms with E-state index in [-0.39, 0.29) is 0 Å². The molecular weight excluding hydrogens is 281 g/mol. The lowest BCUT2D eigenvalue weighted by molar-refractivity contribution is -0.675. The van der Waals surface area contributed by atoms with Crippen LogP contribution >= 0.6 is 33.9 Å². The van der Waals surface area contributed by atoms with Crippen LogP contribution < -0.4 is 4.57 Å². The summed E-state index contributed by atoms with van der Waals surface area (Å²) < 4.78 is 5.07. The first-order valence-corrected chi connectivity index (χ1v) is 5.79. The molecule has 2 aromatic rings. The Balaban J connectivity index is 2.81. The Morgan fingerprint density at radius 3 is 2.92 bits per heavy atom. The SMILES string of the molecule is CC[n+]1c(I)sc2ccccc21. The van der Waals surface area contributed by atoms with Gasteiger partial charge in [0.25, 0.3) is 3.01 Å². The Kier molecular flexibility index (Phi) is 2.32. The summed E-state index contributed by atoms with van der Waals surface area (Å²) in [7, 11) is 0. The van der Waals surface area contributed by atoms with Crippen molar-refractivity contribution in [3.63, 3.8) is 0 Å². The lowest BCUT2D eigenvalue weighted by Crippen LogP contribution is -2.33. The summed E-state index contributed by atoms with van der Waals surface area (Å²) in [5.41, 5.74) is 1.36. The molecular formula is C9H9INS+. The van der Waals surface area contributed by atoms with E-state index < -0.39 is 0 Å². The van der Waals surface area contributed by atoms with Crippen LogP contribution in [0.4, 0.5) is 0 Å². The number of aryl methyl sites for hydroxylation is 1. The van der Waals surface area contributed by atoms with Gasteiger partial charge in [-0.15, -0.1) is 0 Å². The smallest absolute Gasteiger partial charge is 0.177 e. The highest BCUT2D eigenvalue weighted by Gasteiger charge is 2.14. The zero-order valence-corrected chi connectivity index (χ0v) is 9.72. The maximum atomic E-state index is 2.40. The highest BCUT2D eigenvalue weighted by Crippen LogP contribution is 2.20. The third kappa shape index (κ3) is 1.25. The molecule has 0 amide bonds. The first-order chi connectivity index (χ1) is 5.83. The fourth-order valence-electron chi connectivity index (χ4n) is 1.30. The molecule has 0 unspecified atom stereocenters. The molecule has 1 heterocycles. The number of benzene rings is 1. The number of nitrogens with zero attached hydrogens (tertiary/aromatic N) is 1. The van der Waals surface area contributed by atoms with E-state index in [4.69, 9.17) is 0 Å². The van der Waals surface area contributed by atoms with Gasteiger partial charge in [-0.05, 0) is 13.0 Å². The van der Waals surface area contributed by atoms with E-state index in [9.17, 15) is 0 Å². The number of rotatable bonds is 1. The van der Waals surface area contributed by atoms with Crippen molar-refractivity contribution < 1.29 is 4.57 Å². The van der Waals surface area contributed by atoms with Crippen LogP contribution in [0, 0.1) is 3.01 Å². The van der Waals surface area contributed by atoms with E-state index in [0.717, 1.165) is 6.54 Å². The highest BCUT2D eigenvalue weighted by atomic mass is 127. The molecule has 12 heavy (non-hydrogen) atoms. The molecule has 0 radical (unpaired) electrons. The Bertz CT molecular complexity index is 408. The summed E-state index contributed by atoms with van der Waals surface area (Å²) in [5.74, 6) is 0. The average Bonchev–Trinajstić information content (AvgIpc) is 2.40. The van der Waals surface area contributed by atoms with Gasteiger partial charge < -0.3 is 0 Å². The van der Waals surface area contributed by atoms with Gasteiger partial charge in [0.1, 0.15) is 11.2 Å². The van der Waals surface area contributed by atoms with Crippen LogP contribution in [0.15, 0.2) is 24.3 Å². The molecule has 62 valence electrons. The number of aromatic nitrogens is 1. The van der Waals surface area contributed by atoms with Gasteiger partial charge in [0.05, 0.1) is 22.6 Å². The molecule has 1 aromatic heterocycles. The van der Waals surface area contributed by atoms with Gasteiger partial charge in [-0.1, -0.05) is 23.5 Å². The molecule has 0 bridgehead atoms. The molecule has 1 nitrogen and oxygen atoms in total. The molecule has 0 aliphatic rings. The van der Waals surface area contributed by atoms with Crippen LogP contribution in [-0.2, 0) is 6.54 Å². The second-order valence-corrected chi connectivity index (χ2v) is 5.35. The second kappa shape index (κ2) is 3.30. The third-order valence-electron chi connectivity index (χ3n) is 1.88. The normalized spacial score (nSPS) is 10.8. The molecule has 0 aliphatic carbocycles. The Morgan fingerprint density at radius 1 is 1.42 bits per heavy atom. The minimum atomic E-state index is 1.06. The van der Waals surface area contributed by atoms with E-state index in [0.29, 0.717) is 0 Å². The van der Waals surface area contributed by atoms with Crippen molar-refractivity contribution in [2.24, 2.45) is 0 Å². The van der Waals surface area contributed by atoms with E-state index >= 15 is 0 Å². The Morgan fingerprint density at radius 2 is 2.17 bits per heavy atom. The van der Waals surface area contributed by atoms with Crippen LogP contribution in [0.5, 0.6) is 0 Å². The Hall–Kier alpha value is -0.160. The number of para-hydroxylation sites is 1. The number of hydrogen-bond acceptors (Lipinski definition) is 1. The van der Waals surface area contributed by atoms with Crippen molar-refractivity contribution in [1.29, 1.82) is 0 Å². The fourth-order valence-corrected chi connectivity index (χ4v) is 3.56. The van der Waals surface area contributed by atoms with E-state index in [2.05, 4.69) is 58.3 Å². The fraction of sp³-hybridized carbons (Fsp3) is 0.222. The predicted molar refractivity (Wildman–Crippen MR) is 60.4 cm³/mol. The molecule has 0 saturated carbocycles. The summed E-state index contributed by atoms with van der Waals surface area (Å²) in [6.07, 6.45) is 0. The standard InChI is InChI=1S/C9H9INS/c1-2-11-7-5-3-4-6-8(7)12-9(11)10/h3-6H,2H2,1H3/q+1. The molecule has 0 spiro atoms. The van der Waals surface area contributed by atoms with Crippen molar-refractivity contribution in [2.75, 3.05) is 0 Å². The molecule has 2 rings (SSSR count). The number of thiazole rings is 1. The van der Waals surface area contributed by atoms with E-state index in [1.807, 2.05) is 11.3 Å². The van der Waals surface area contributed by atoms with E-state index in [1.54, 1.807) is 0 Å². The summed E-state index contributed by atoms with van der Waals surface area (Å²) in [6.45, 7) is 3.24. The maximum absolute atomic E-state index is 2.40. The number of fused-ring (bicyclic) bond motifs is 1. The van der Waals surface area contributed by atoms with Crippen molar-refractivity contribution in [3.05, 3.63) is 27.3 Å². The minimum Gasteiger partial charge on any atom is -0.177 e. The van der Waals surface area contributed by atoms with Crippen molar-refractivity contribution in [3.8, 4) is 0 Å². The summed E-state index contributed by atoms with van der Waals surface area (Å²) in [5, 5.41) is 0. The average molecular weight is 290 g/mol. The first-order valence-electron chi connectivity index (χ1n) is 3.90. The van der Waals surface area contributed by atoms with Gasteiger partial charge in [0.15, 0.2) is 0 Å². The van der Waals surface area contributed by atoms with Gasteiger partial charge in [-0.2, -0.15) is 4.57 Å². The second-order valence-electron chi connectivity index (χ2n) is 2.57. The molecule has 0 aliphatic heterocycles. The third-order valence-corrected chi connectivity index (χ3v) is 4.08. The van der Waals surface area contributed by atoms with E-state index in [1.165, 1.54) is 13.2 Å². The Labute approximate surface area is 89.2 Å². The van der Waals surface area contributed by atoms with Crippen LogP contribution in [0.2, 0.25) is 0 Å². The quantitative estimate of drug-likeness (QED) is 0.561. The topological polar surface area (TPSA) is 3.88 Å². The summed E-state index contributed by atoms with van der Waals surface area (Å²) in [6, 6.07) is 8.54.